The van der Waals surface area contributed by atoms with Gasteiger partial charge in [-0.05, 0) is 41.8 Å². The summed E-state index contributed by atoms with van der Waals surface area (Å²) in [6.07, 6.45) is 0.287. The van der Waals surface area contributed by atoms with E-state index in [-0.39, 0.29) is 11.9 Å². The fraction of sp³-hybridized carbons (Fsp3) is 0.250. The van der Waals surface area contributed by atoms with Gasteiger partial charge in [-0.25, -0.2) is 4.39 Å². The van der Waals surface area contributed by atoms with E-state index in [9.17, 15) is 9.50 Å². The highest BCUT2D eigenvalue weighted by molar-refractivity contribution is 5.34. The maximum Gasteiger partial charge on any atom is 0.123 e. The van der Waals surface area contributed by atoms with Crippen LogP contribution in [-0.4, -0.2) is 11.7 Å². The molecule has 0 aromatic heterocycles. The SMILES string of the molecule is OC1c2ccccc2CCNC1c1ccc(F)cc1. The lowest BCUT2D eigenvalue weighted by Gasteiger charge is -2.23. The topological polar surface area (TPSA) is 32.3 Å². The third-order valence-electron chi connectivity index (χ3n) is 3.68. The molecule has 2 aromatic carbocycles. The van der Waals surface area contributed by atoms with Crippen molar-refractivity contribution in [2.75, 3.05) is 6.54 Å². The van der Waals surface area contributed by atoms with Gasteiger partial charge in [0, 0.05) is 0 Å². The predicted molar refractivity (Wildman–Crippen MR) is 72.2 cm³/mol. The molecule has 19 heavy (non-hydrogen) atoms. The van der Waals surface area contributed by atoms with E-state index in [1.165, 1.54) is 17.7 Å². The summed E-state index contributed by atoms with van der Waals surface area (Å²) in [5.74, 6) is -0.257. The molecule has 0 saturated carbocycles. The molecule has 1 heterocycles. The maximum absolute atomic E-state index is 13.0. The Kier molecular flexibility index (Phi) is 3.32. The van der Waals surface area contributed by atoms with Gasteiger partial charge in [0.15, 0.2) is 0 Å². The van der Waals surface area contributed by atoms with Crippen LogP contribution in [0, 0.1) is 5.82 Å². The molecular weight excluding hydrogens is 241 g/mol. The molecule has 2 atom stereocenters. The summed E-state index contributed by atoms with van der Waals surface area (Å²) in [6.45, 7) is 0.802. The van der Waals surface area contributed by atoms with E-state index in [1.54, 1.807) is 12.1 Å². The zero-order valence-corrected chi connectivity index (χ0v) is 10.5. The number of halogens is 1. The fourth-order valence-electron chi connectivity index (χ4n) is 2.67. The van der Waals surface area contributed by atoms with Crippen LogP contribution >= 0.6 is 0 Å². The summed E-state index contributed by atoms with van der Waals surface area (Å²) in [5, 5.41) is 13.9. The van der Waals surface area contributed by atoms with Crippen LogP contribution in [0.5, 0.6) is 0 Å². The lowest BCUT2D eigenvalue weighted by atomic mass is 9.94. The number of aliphatic hydroxyl groups is 1. The molecule has 0 amide bonds. The van der Waals surface area contributed by atoms with Crippen LogP contribution in [-0.2, 0) is 6.42 Å². The molecule has 1 aliphatic heterocycles. The number of fused-ring (bicyclic) bond motifs is 1. The first kappa shape index (κ1) is 12.3. The number of benzene rings is 2. The number of aliphatic hydroxyl groups excluding tert-OH is 1. The Morgan fingerprint density at radius 3 is 2.58 bits per heavy atom. The third kappa shape index (κ3) is 2.39. The molecule has 0 saturated heterocycles. The van der Waals surface area contributed by atoms with E-state index in [0.29, 0.717) is 0 Å². The third-order valence-corrected chi connectivity index (χ3v) is 3.68. The van der Waals surface area contributed by atoms with Crippen molar-refractivity contribution in [1.82, 2.24) is 5.32 Å². The van der Waals surface area contributed by atoms with Crippen LogP contribution in [0.15, 0.2) is 48.5 Å². The van der Waals surface area contributed by atoms with Crippen molar-refractivity contribution in [1.29, 1.82) is 0 Å². The van der Waals surface area contributed by atoms with Crippen LogP contribution in [0.1, 0.15) is 28.8 Å². The smallest absolute Gasteiger partial charge is 0.123 e. The van der Waals surface area contributed by atoms with Gasteiger partial charge in [0.25, 0.3) is 0 Å². The monoisotopic (exact) mass is 257 g/mol. The van der Waals surface area contributed by atoms with Crippen LogP contribution < -0.4 is 5.32 Å². The number of hydrogen-bond acceptors (Lipinski definition) is 2. The number of hydrogen-bond donors (Lipinski definition) is 2. The molecule has 2 N–H and O–H groups in total. The van der Waals surface area contributed by atoms with E-state index in [4.69, 9.17) is 0 Å². The molecule has 3 rings (SSSR count). The Balaban J connectivity index is 1.97. The van der Waals surface area contributed by atoms with E-state index in [2.05, 4.69) is 5.32 Å². The first-order valence-corrected chi connectivity index (χ1v) is 6.50. The fourth-order valence-corrected chi connectivity index (χ4v) is 2.67. The van der Waals surface area contributed by atoms with Crippen LogP contribution in [0.25, 0.3) is 0 Å². The van der Waals surface area contributed by atoms with E-state index < -0.39 is 6.10 Å². The minimum absolute atomic E-state index is 0.191. The second-order valence-corrected chi connectivity index (χ2v) is 4.88. The van der Waals surface area contributed by atoms with Crippen molar-refractivity contribution in [2.24, 2.45) is 0 Å². The molecule has 3 heteroatoms. The molecule has 0 aliphatic carbocycles. The molecule has 0 fully saturated rings. The van der Waals surface area contributed by atoms with Crippen molar-refractivity contribution in [2.45, 2.75) is 18.6 Å². The number of rotatable bonds is 1. The van der Waals surface area contributed by atoms with Crippen molar-refractivity contribution >= 4 is 0 Å². The second kappa shape index (κ2) is 5.11. The largest absolute Gasteiger partial charge is 0.386 e. The summed E-state index contributed by atoms with van der Waals surface area (Å²) >= 11 is 0. The summed E-state index contributed by atoms with van der Waals surface area (Å²) in [5.41, 5.74) is 3.04. The van der Waals surface area contributed by atoms with Gasteiger partial charge >= 0.3 is 0 Å². The lowest BCUT2D eigenvalue weighted by molar-refractivity contribution is 0.132. The van der Waals surface area contributed by atoms with E-state index >= 15 is 0 Å². The minimum Gasteiger partial charge on any atom is -0.386 e. The summed E-state index contributed by atoms with van der Waals surface area (Å²) in [7, 11) is 0. The zero-order chi connectivity index (χ0) is 13.2. The van der Waals surface area contributed by atoms with Gasteiger partial charge in [-0.2, -0.15) is 0 Å². The molecule has 2 nitrogen and oxygen atoms in total. The Hall–Kier alpha value is -1.71. The van der Waals surface area contributed by atoms with Gasteiger partial charge in [-0.3, -0.25) is 0 Å². The minimum atomic E-state index is -0.607. The quantitative estimate of drug-likeness (QED) is 0.823. The predicted octanol–water partition coefficient (Wildman–Crippen LogP) is 2.75. The molecular formula is C16H16FNO. The van der Waals surface area contributed by atoms with Crippen molar-refractivity contribution < 1.29 is 9.50 Å². The standard InChI is InChI=1S/C16H16FNO/c17-13-7-5-12(6-8-13)15-16(19)14-4-2-1-3-11(14)9-10-18-15/h1-8,15-16,18-19H,9-10H2. The normalized spacial score (nSPS) is 22.6. The second-order valence-electron chi connectivity index (χ2n) is 4.88. The average Bonchev–Trinajstić information content (AvgIpc) is 2.60. The van der Waals surface area contributed by atoms with Crippen molar-refractivity contribution in [3.8, 4) is 0 Å². The van der Waals surface area contributed by atoms with Gasteiger partial charge in [-0.15, -0.1) is 0 Å². The summed E-state index contributed by atoms with van der Waals surface area (Å²) in [6, 6.07) is 14.1. The molecule has 0 bridgehead atoms. The van der Waals surface area contributed by atoms with Crippen molar-refractivity contribution in [3.05, 3.63) is 71.0 Å². The molecule has 2 unspecified atom stereocenters. The Morgan fingerprint density at radius 1 is 1.05 bits per heavy atom. The molecule has 0 radical (unpaired) electrons. The molecule has 2 aromatic rings. The van der Waals surface area contributed by atoms with Crippen molar-refractivity contribution in [3.63, 3.8) is 0 Å². The summed E-state index contributed by atoms with van der Waals surface area (Å²) < 4.78 is 13.0. The zero-order valence-electron chi connectivity index (χ0n) is 10.5. The molecule has 98 valence electrons. The van der Waals surface area contributed by atoms with Gasteiger partial charge < -0.3 is 10.4 Å². The molecule has 0 spiro atoms. The highest BCUT2D eigenvalue weighted by Gasteiger charge is 2.26. The van der Waals surface area contributed by atoms with Gasteiger partial charge in [0.2, 0.25) is 0 Å². The number of nitrogens with one attached hydrogen (secondary N) is 1. The highest BCUT2D eigenvalue weighted by Crippen LogP contribution is 2.33. The lowest BCUT2D eigenvalue weighted by Crippen LogP contribution is -2.26. The first-order chi connectivity index (χ1) is 9.25. The Morgan fingerprint density at radius 2 is 1.79 bits per heavy atom. The van der Waals surface area contributed by atoms with Gasteiger partial charge in [0.1, 0.15) is 5.82 Å². The highest BCUT2D eigenvalue weighted by atomic mass is 19.1. The Bertz CT molecular complexity index is 567. The van der Waals surface area contributed by atoms with Crippen LogP contribution in [0.4, 0.5) is 4.39 Å². The summed E-state index contributed by atoms with van der Waals surface area (Å²) in [4.78, 5) is 0. The average molecular weight is 257 g/mol. The molecule has 1 aliphatic rings. The van der Waals surface area contributed by atoms with Crippen LogP contribution in [0.3, 0.4) is 0 Å². The van der Waals surface area contributed by atoms with E-state index in [0.717, 1.165) is 24.1 Å². The maximum atomic E-state index is 13.0. The van der Waals surface area contributed by atoms with E-state index in [1.807, 2.05) is 24.3 Å². The van der Waals surface area contributed by atoms with Gasteiger partial charge in [0.05, 0.1) is 12.1 Å². The van der Waals surface area contributed by atoms with Crippen LogP contribution in [0.2, 0.25) is 0 Å². The first-order valence-electron chi connectivity index (χ1n) is 6.50. The Labute approximate surface area is 111 Å². The van der Waals surface area contributed by atoms with Gasteiger partial charge in [-0.1, -0.05) is 36.4 Å².